The first-order valence-electron chi connectivity index (χ1n) is 6.35. The summed E-state index contributed by atoms with van der Waals surface area (Å²) in [6.07, 6.45) is 0. The van der Waals surface area contributed by atoms with Crippen LogP contribution in [0.25, 0.3) is 0 Å². The normalized spacial score (nSPS) is 11.5. The Hall–Kier alpha value is -2.02. The summed E-state index contributed by atoms with van der Waals surface area (Å²) in [6.45, 7) is 3.34. The standard InChI is InChI=1S/C14H18N2O4S/c1-9-3-5-11(6-4-9)16-13(18)8-21-7-12(17)15-10(2)14(19)20/h3-6,10H,7-8H2,1-2H3,(H,15,17)(H,16,18)(H,19,20)/t10-/m0/s1. The lowest BCUT2D eigenvalue weighted by molar-refractivity contribution is -0.140. The SMILES string of the molecule is Cc1ccc(NC(=O)CSCC(=O)N[C@@H](C)C(=O)O)cc1. The first kappa shape index (κ1) is 17.0. The average molecular weight is 310 g/mol. The quantitative estimate of drug-likeness (QED) is 0.704. The van der Waals surface area contributed by atoms with Crippen molar-refractivity contribution in [3.8, 4) is 0 Å². The number of hydrogen-bond donors (Lipinski definition) is 3. The molecule has 0 spiro atoms. The largest absolute Gasteiger partial charge is 0.480 e. The second-order valence-electron chi connectivity index (χ2n) is 4.53. The van der Waals surface area contributed by atoms with Gasteiger partial charge in [-0.15, -0.1) is 11.8 Å². The molecule has 0 saturated heterocycles. The zero-order valence-corrected chi connectivity index (χ0v) is 12.7. The number of aryl methyl sites for hydroxylation is 1. The number of anilines is 1. The summed E-state index contributed by atoms with van der Waals surface area (Å²) in [7, 11) is 0. The molecular weight excluding hydrogens is 292 g/mol. The van der Waals surface area contributed by atoms with Crippen molar-refractivity contribution < 1.29 is 19.5 Å². The van der Waals surface area contributed by atoms with E-state index in [4.69, 9.17) is 5.11 Å². The van der Waals surface area contributed by atoms with Crippen LogP contribution in [-0.4, -0.2) is 40.4 Å². The molecule has 0 aliphatic carbocycles. The fourth-order valence-corrected chi connectivity index (χ4v) is 2.04. The molecule has 0 aliphatic rings. The molecule has 0 bridgehead atoms. The van der Waals surface area contributed by atoms with E-state index >= 15 is 0 Å². The number of benzene rings is 1. The minimum Gasteiger partial charge on any atom is -0.480 e. The number of amides is 2. The van der Waals surface area contributed by atoms with Crippen molar-refractivity contribution in [1.82, 2.24) is 5.32 Å². The van der Waals surface area contributed by atoms with Crippen molar-refractivity contribution in [3.63, 3.8) is 0 Å². The molecule has 0 saturated carbocycles. The van der Waals surface area contributed by atoms with E-state index < -0.39 is 17.9 Å². The van der Waals surface area contributed by atoms with Gasteiger partial charge in [0.25, 0.3) is 0 Å². The van der Waals surface area contributed by atoms with E-state index in [1.165, 1.54) is 6.92 Å². The number of nitrogens with one attached hydrogen (secondary N) is 2. The van der Waals surface area contributed by atoms with Gasteiger partial charge in [-0.25, -0.2) is 0 Å². The Bertz CT molecular complexity index is 516. The molecule has 1 rings (SSSR count). The van der Waals surface area contributed by atoms with Crippen LogP contribution in [0.4, 0.5) is 5.69 Å². The van der Waals surface area contributed by atoms with E-state index in [0.717, 1.165) is 17.3 Å². The Labute approximate surface area is 127 Å². The molecule has 21 heavy (non-hydrogen) atoms. The van der Waals surface area contributed by atoms with Crippen molar-refractivity contribution in [3.05, 3.63) is 29.8 Å². The van der Waals surface area contributed by atoms with E-state index in [2.05, 4.69) is 10.6 Å². The Morgan fingerprint density at radius 1 is 1.14 bits per heavy atom. The van der Waals surface area contributed by atoms with Gasteiger partial charge >= 0.3 is 5.97 Å². The van der Waals surface area contributed by atoms with Crippen LogP contribution < -0.4 is 10.6 Å². The minimum absolute atomic E-state index is 0.0406. The molecule has 1 aromatic rings. The molecule has 114 valence electrons. The zero-order valence-electron chi connectivity index (χ0n) is 11.9. The van der Waals surface area contributed by atoms with Crippen LogP contribution in [0.1, 0.15) is 12.5 Å². The van der Waals surface area contributed by atoms with E-state index in [9.17, 15) is 14.4 Å². The molecular formula is C14H18N2O4S. The van der Waals surface area contributed by atoms with Crippen LogP contribution in [0.5, 0.6) is 0 Å². The molecule has 6 nitrogen and oxygen atoms in total. The molecule has 1 atom stereocenters. The first-order valence-corrected chi connectivity index (χ1v) is 7.50. The van der Waals surface area contributed by atoms with Gasteiger partial charge in [0.05, 0.1) is 11.5 Å². The fourth-order valence-electron chi connectivity index (χ4n) is 1.42. The summed E-state index contributed by atoms with van der Waals surface area (Å²) in [5.74, 6) is -1.53. The predicted octanol–water partition coefficient (Wildman–Crippen LogP) is 1.26. The Balaban J connectivity index is 2.26. The zero-order chi connectivity index (χ0) is 15.8. The molecule has 0 aliphatic heterocycles. The van der Waals surface area contributed by atoms with Gasteiger partial charge in [-0.3, -0.25) is 14.4 Å². The van der Waals surface area contributed by atoms with Crippen molar-refractivity contribution in [2.24, 2.45) is 0 Å². The number of rotatable bonds is 7. The van der Waals surface area contributed by atoms with Crippen LogP contribution in [0.3, 0.4) is 0 Å². The Morgan fingerprint density at radius 2 is 1.71 bits per heavy atom. The van der Waals surface area contributed by atoms with Gasteiger partial charge in [-0.1, -0.05) is 17.7 Å². The molecule has 2 amide bonds. The topological polar surface area (TPSA) is 95.5 Å². The van der Waals surface area contributed by atoms with E-state index in [1.54, 1.807) is 12.1 Å². The third-order valence-electron chi connectivity index (χ3n) is 2.55. The number of aliphatic carboxylic acids is 1. The van der Waals surface area contributed by atoms with Crippen LogP contribution in [0, 0.1) is 6.92 Å². The van der Waals surface area contributed by atoms with Gasteiger partial charge in [0, 0.05) is 5.69 Å². The molecule has 7 heteroatoms. The summed E-state index contributed by atoms with van der Waals surface area (Å²) in [5.41, 5.74) is 1.81. The maximum Gasteiger partial charge on any atom is 0.325 e. The van der Waals surface area contributed by atoms with Gasteiger partial charge in [0.1, 0.15) is 6.04 Å². The number of hydrogen-bond acceptors (Lipinski definition) is 4. The van der Waals surface area contributed by atoms with Gasteiger partial charge < -0.3 is 15.7 Å². The van der Waals surface area contributed by atoms with Gasteiger partial charge in [0.15, 0.2) is 0 Å². The highest BCUT2D eigenvalue weighted by Gasteiger charge is 2.14. The van der Waals surface area contributed by atoms with E-state index in [1.807, 2.05) is 19.1 Å². The summed E-state index contributed by atoms with van der Waals surface area (Å²) < 4.78 is 0. The second kappa shape index (κ2) is 8.31. The first-order chi connectivity index (χ1) is 9.88. The highest BCUT2D eigenvalue weighted by atomic mass is 32.2. The van der Waals surface area contributed by atoms with Crippen LogP contribution in [0.2, 0.25) is 0 Å². The number of carboxylic acid groups (broad SMARTS) is 1. The number of carbonyl (C=O) groups excluding carboxylic acids is 2. The van der Waals surface area contributed by atoms with Crippen molar-refractivity contribution in [2.75, 3.05) is 16.8 Å². The summed E-state index contributed by atoms with van der Waals surface area (Å²) in [5, 5.41) is 13.7. The lowest BCUT2D eigenvalue weighted by atomic mass is 10.2. The third-order valence-corrected chi connectivity index (χ3v) is 3.48. The van der Waals surface area contributed by atoms with Crippen molar-refractivity contribution in [1.29, 1.82) is 0 Å². The van der Waals surface area contributed by atoms with Crippen LogP contribution in [0.15, 0.2) is 24.3 Å². The molecule has 0 unspecified atom stereocenters. The number of thioether (sulfide) groups is 1. The molecule has 0 aromatic heterocycles. The monoisotopic (exact) mass is 310 g/mol. The number of carbonyl (C=O) groups is 3. The van der Waals surface area contributed by atoms with Gasteiger partial charge in [0.2, 0.25) is 11.8 Å². The minimum atomic E-state index is -1.09. The predicted molar refractivity (Wildman–Crippen MR) is 82.4 cm³/mol. The summed E-state index contributed by atoms with van der Waals surface area (Å²) in [4.78, 5) is 33.6. The molecule has 0 radical (unpaired) electrons. The Morgan fingerprint density at radius 3 is 2.29 bits per heavy atom. The second-order valence-corrected chi connectivity index (χ2v) is 5.52. The van der Waals surface area contributed by atoms with Gasteiger partial charge in [-0.05, 0) is 26.0 Å². The van der Waals surface area contributed by atoms with Crippen molar-refractivity contribution in [2.45, 2.75) is 19.9 Å². The summed E-state index contributed by atoms with van der Waals surface area (Å²) >= 11 is 1.13. The van der Waals surface area contributed by atoms with E-state index in [0.29, 0.717) is 5.69 Å². The van der Waals surface area contributed by atoms with Crippen molar-refractivity contribution >= 4 is 35.2 Å². The molecule has 0 heterocycles. The molecule has 3 N–H and O–H groups in total. The highest BCUT2D eigenvalue weighted by Crippen LogP contribution is 2.09. The lowest BCUT2D eigenvalue weighted by Crippen LogP contribution is -2.39. The lowest BCUT2D eigenvalue weighted by Gasteiger charge is -2.09. The Kier molecular flexibility index (Phi) is 6.74. The van der Waals surface area contributed by atoms with Gasteiger partial charge in [-0.2, -0.15) is 0 Å². The maximum absolute atomic E-state index is 11.7. The molecule has 1 aromatic carbocycles. The smallest absolute Gasteiger partial charge is 0.325 e. The highest BCUT2D eigenvalue weighted by molar-refractivity contribution is 8.00. The third kappa shape index (κ3) is 6.80. The number of carboxylic acids is 1. The maximum atomic E-state index is 11.7. The fraction of sp³-hybridized carbons (Fsp3) is 0.357. The van der Waals surface area contributed by atoms with Crippen LogP contribution in [-0.2, 0) is 14.4 Å². The average Bonchev–Trinajstić information content (AvgIpc) is 2.41. The summed E-state index contributed by atoms with van der Waals surface area (Å²) in [6, 6.07) is 6.46. The van der Waals surface area contributed by atoms with Crippen LogP contribution >= 0.6 is 11.8 Å². The van der Waals surface area contributed by atoms with E-state index in [-0.39, 0.29) is 17.4 Å². The molecule has 0 fully saturated rings.